The molecular formula is C16H23N5O2. The Kier molecular flexibility index (Phi) is 3.80. The van der Waals surface area contributed by atoms with E-state index in [1.54, 1.807) is 0 Å². The summed E-state index contributed by atoms with van der Waals surface area (Å²) in [6, 6.07) is 2.31. The fourth-order valence-corrected chi connectivity index (χ4v) is 3.02. The highest BCUT2D eigenvalue weighted by molar-refractivity contribution is 5.92. The Labute approximate surface area is 135 Å². The van der Waals surface area contributed by atoms with Gasteiger partial charge in [0.25, 0.3) is 5.91 Å². The summed E-state index contributed by atoms with van der Waals surface area (Å²) in [7, 11) is 0. The molecule has 4 rings (SSSR count). The first-order chi connectivity index (χ1) is 11.2. The molecule has 2 saturated carbocycles. The van der Waals surface area contributed by atoms with Crippen LogP contribution >= 0.6 is 0 Å². The van der Waals surface area contributed by atoms with E-state index in [1.165, 1.54) is 12.8 Å². The number of carbonyl (C=O) groups excluding carboxylic acids is 2. The average Bonchev–Trinajstić information content (AvgIpc) is 3.48. The van der Waals surface area contributed by atoms with Crippen LogP contribution in [0.4, 0.5) is 0 Å². The van der Waals surface area contributed by atoms with Gasteiger partial charge in [-0.25, -0.2) is 0 Å². The molecule has 2 amide bonds. The first-order valence-electron chi connectivity index (χ1n) is 8.55. The van der Waals surface area contributed by atoms with Crippen molar-refractivity contribution in [3.8, 4) is 0 Å². The number of nitrogens with one attached hydrogen (secondary N) is 2. The standard InChI is InChI=1S/C16H23N5O2/c22-15(17-12-3-4-12)10-20-5-7-21(8-6-20)16(23)14-9-13(18-19-14)11-1-2-11/h9,11-12H,1-8,10H2,(H,17,22)(H,18,19). The van der Waals surface area contributed by atoms with Gasteiger partial charge in [-0.15, -0.1) is 0 Å². The van der Waals surface area contributed by atoms with E-state index in [0.29, 0.717) is 37.3 Å². The van der Waals surface area contributed by atoms with Crippen molar-refractivity contribution in [2.75, 3.05) is 32.7 Å². The van der Waals surface area contributed by atoms with Crippen molar-refractivity contribution in [1.82, 2.24) is 25.3 Å². The molecule has 1 saturated heterocycles. The monoisotopic (exact) mass is 317 g/mol. The van der Waals surface area contributed by atoms with E-state index >= 15 is 0 Å². The van der Waals surface area contributed by atoms with E-state index in [-0.39, 0.29) is 11.8 Å². The molecule has 124 valence electrons. The van der Waals surface area contributed by atoms with Gasteiger partial charge in [-0.3, -0.25) is 19.6 Å². The smallest absolute Gasteiger partial charge is 0.274 e. The van der Waals surface area contributed by atoms with Gasteiger partial charge in [-0.1, -0.05) is 0 Å². The summed E-state index contributed by atoms with van der Waals surface area (Å²) in [5.41, 5.74) is 1.61. The molecule has 1 aromatic heterocycles. The molecule has 0 bridgehead atoms. The fraction of sp³-hybridized carbons (Fsp3) is 0.688. The van der Waals surface area contributed by atoms with Crippen LogP contribution in [0.3, 0.4) is 0 Å². The Balaban J connectivity index is 1.26. The molecule has 3 aliphatic rings. The van der Waals surface area contributed by atoms with Crippen LogP contribution in [0.1, 0.15) is 47.8 Å². The highest BCUT2D eigenvalue weighted by atomic mass is 16.2. The van der Waals surface area contributed by atoms with Crippen LogP contribution in [0.15, 0.2) is 6.07 Å². The molecule has 3 fully saturated rings. The summed E-state index contributed by atoms with van der Waals surface area (Å²) in [6.07, 6.45) is 4.61. The average molecular weight is 317 g/mol. The van der Waals surface area contributed by atoms with E-state index in [0.717, 1.165) is 31.6 Å². The number of H-pyrrole nitrogens is 1. The van der Waals surface area contributed by atoms with Gasteiger partial charge in [0.05, 0.1) is 6.54 Å². The molecule has 7 heteroatoms. The number of aromatic amines is 1. The second-order valence-corrected chi connectivity index (χ2v) is 6.89. The number of aromatic nitrogens is 2. The molecule has 23 heavy (non-hydrogen) atoms. The summed E-state index contributed by atoms with van der Waals surface area (Å²) in [4.78, 5) is 28.3. The zero-order chi connectivity index (χ0) is 15.8. The third-order valence-electron chi connectivity index (χ3n) is 4.80. The van der Waals surface area contributed by atoms with E-state index in [2.05, 4.69) is 20.4 Å². The number of carbonyl (C=O) groups is 2. The normalized spacial score (nSPS) is 22.2. The van der Waals surface area contributed by atoms with Crippen molar-refractivity contribution in [1.29, 1.82) is 0 Å². The highest BCUT2D eigenvalue weighted by Crippen LogP contribution is 2.39. The quantitative estimate of drug-likeness (QED) is 0.820. The van der Waals surface area contributed by atoms with Crippen molar-refractivity contribution in [3.05, 3.63) is 17.5 Å². The lowest BCUT2D eigenvalue weighted by atomic mass is 10.2. The van der Waals surface area contributed by atoms with Crippen LogP contribution in [0.2, 0.25) is 0 Å². The van der Waals surface area contributed by atoms with Gasteiger partial charge < -0.3 is 10.2 Å². The third-order valence-corrected chi connectivity index (χ3v) is 4.80. The van der Waals surface area contributed by atoms with Crippen LogP contribution in [0.5, 0.6) is 0 Å². The highest BCUT2D eigenvalue weighted by Gasteiger charge is 2.29. The maximum Gasteiger partial charge on any atom is 0.274 e. The Hall–Kier alpha value is -1.89. The van der Waals surface area contributed by atoms with E-state index in [9.17, 15) is 9.59 Å². The fourth-order valence-electron chi connectivity index (χ4n) is 3.02. The predicted molar refractivity (Wildman–Crippen MR) is 84.1 cm³/mol. The minimum atomic E-state index is -0.00441. The van der Waals surface area contributed by atoms with E-state index in [4.69, 9.17) is 0 Å². The molecule has 0 unspecified atom stereocenters. The number of hydrogen-bond donors (Lipinski definition) is 2. The van der Waals surface area contributed by atoms with E-state index in [1.807, 2.05) is 11.0 Å². The van der Waals surface area contributed by atoms with Crippen molar-refractivity contribution >= 4 is 11.8 Å². The second kappa shape index (κ2) is 5.96. The SMILES string of the molecule is O=C(CN1CCN(C(=O)c2cc(C3CC3)[nH]n2)CC1)NC1CC1. The van der Waals surface area contributed by atoms with Crippen molar-refractivity contribution < 1.29 is 9.59 Å². The van der Waals surface area contributed by atoms with Gasteiger partial charge in [0, 0.05) is 43.8 Å². The molecule has 2 aliphatic carbocycles. The van der Waals surface area contributed by atoms with Gasteiger partial charge in [0.15, 0.2) is 0 Å². The molecule has 0 atom stereocenters. The van der Waals surface area contributed by atoms with Crippen LogP contribution in [0, 0.1) is 0 Å². The number of nitrogens with zero attached hydrogens (tertiary/aromatic N) is 3. The maximum absolute atomic E-state index is 12.5. The molecule has 0 spiro atoms. The Bertz CT molecular complexity index is 597. The minimum Gasteiger partial charge on any atom is -0.352 e. The molecule has 0 aromatic carbocycles. The molecule has 1 aromatic rings. The lowest BCUT2D eigenvalue weighted by Crippen LogP contribution is -2.51. The van der Waals surface area contributed by atoms with Crippen molar-refractivity contribution in [2.24, 2.45) is 0 Å². The van der Waals surface area contributed by atoms with Gasteiger partial charge >= 0.3 is 0 Å². The van der Waals surface area contributed by atoms with Crippen LogP contribution in [-0.2, 0) is 4.79 Å². The van der Waals surface area contributed by atoms with Gasteiger partial charge in [0.1, 0.15) is 5.69 Å². The number of piperazine rings is 1. The summed E-state index contributed by atoms with van der Waals surface area (Å²) in [6.45, 7) is 3.22. The summed E-state index contributed by atoms with van der Waals surface area (Å²) < 4.78 is 0. The minimum absolute atomic E-state index is 0.00441. The predicted octanol–water partition coefficient (Wildman–Crippen LogP) is 0.324. The van der Waals surface area contributed by atoms with Gasteiger partial charge in [-0.2, -0.15) is 5.10 Å². The first-order valence-corrected chi connectivity index (χ1v) is 8.55. The third kappa shape index (κ3) is 3.55. The van der Waals surface area contributed by atoms with Crippen LogP contribution in [0.25, 0.3) is 0 Å². The van der Waals surface area contributed by atoms with Crippen LogP contribution < -0.4 is 5.32 Å². The number of rotatable bonds is 5. The topological polar surface area (TPSA) is 81.3 Å². The summed E-state index contributed by atoms with van der Waals surface area (Å²) in [5.74, 6) is 0.676. The van der Waals surface area contributed by atoms with E-state index < -0.39 is 0 Å². The second-order valence-electron chi connectivity index (χ2n) is 6.89. The Morgan fingerprint density at radius 1 is 1.17 bits per heavy atom. The molecular weight excluding hydrogens is 294 g/mol. The van der Waals surface area contributed by atoms with Crippen LogP contribution in [-0.4, -0.2) is 70.6 Å². The zero-order valence-electron chi connectivity index (χ0n) is 13.3. The maximum atomic E-state index is 12.5. The lowest BCUT2D eigenvalue weighted by Gasteiger charge is -2.33. The van der Waals surface area contributed by atoms with Crippen molar-refractivity contribution in [2.45, 2.75) is 37.6 Å². The molecule has 7 nitrogen and oxygen atoms in total. The Morgan fingerprint density at radius 2 is 1.91 bits per heavy atom. The Morgan fingerprint density at radius 3 is 2.57 bits per heavy atom. The lowest BCUT2D eigenvalue weighted by molar-refractivity contribution is -0.122. The first kappa shape index (κ1) is 14.7. The number of amides is 2. The van der Waals surface area contributed by atoms with Gasteiger partial charge in [-0.05, 0) is 31.7 Å². The summed E-state index contributed by atoms with van der Waals surface area (Å²) >= 11 is 0. The molecule has 0 radical (unpaired) electrons. The zero-order valence-corrected chi connectivity index (χ0v) is 13.3. The summed E-state index contributed by atoms with van der Waals surface area (Å²) in [5, 5.41) is 10.2. The number of hydrogen-bond acceptors (Lipinski definition) is 4. The van der Waals surface area contributed by atoms with Crippen molar-refractivity contribution in [3.63, 3.8) is 0 Å². The molecule has 2 N–H and O–H groups in total. The largest absolute Gasteiger partial charge is 0.352 e. The molecule has 2 heterocycles. The molecule has 1 aliphatic heterocycles. The van der Waals surface area contributed by atoms with Gasteiger partial charge in [0.2, 0.25) is 5.91 Å².